The number of hydrogen-bond acceptors (Lipinski definition) is 2. The molecule has 3 N–H and O–H groups in total. The lowest BCUT2D eigenvalue weighted by Gasteiger charge is -2.15. The van der Waals surface area contributed by atoms with Gasteiger partial charge in [0.05, 0.1) is 11.7 Å². The maximum atomic E-state index is 13.3. The fraction of sp³-hybridized carbons (Fsp3) is 0.364. The lowest BCUT2D eigenvalue weighted by Crippen LogP contribution is -2.39. The smallest absolute Gasteiger partial charge is 0.241 e. The first-order valence-electron chi connectivity index (χ1n) is 4.93. The Morgan fingerprint density at radius 1 is 1.50 bits per heavy atom. The maximum absolute atomic E-state index is 13.3. The van der Waals surface area contributed by atoms with E-state index in [1.165, 1.54) is 18.2 Å². The highest BCUT2D eigenvalue weighted by atomic mass is 35.5. The molecule has 16 heavy (non-hydrogen) atoms. The molecule has 0 aliphatic rings. The van der Waals surface area contributed by atoms with Crippen LogP contribution in [0.4, 0.5) is 10.1 Å². The molecule has 0 aliphatic heterocycles. The quantitative estimate of drug-likeness (QED) is 0.858. The number of benzene rings is 1. The predicted molar refractivity (Wildman–Crippen MR) is 62.9 cm³/mol. The molecule has 1 aromatic carbocycles. The third-order valence-electron chi connectivity index (χ3n) is 2.21. The van der Waals surface area contributed by atoms with Crippen LogP contribution >= 0.6 is 11.6 Å². The van der Waals surface area contributed by atoms with Crippen LogP contribution in [0, 0.1) is 11.7 Å². The van der Waals surface area contributed by atoms with Gasteiger partial charge in [-0.1, -0.05) is 25.4 Å². The van der Waals surface area contributed by atoms with Gasteiger partial charge in [0.2, 0.25) is 5.91 Å². The SMILES string of the molecule is CC(C)C(N)C(=O)Nc1cc(Cl)ccc1F. The second-order valence-corrected chi connectivity index (χ2v) is 4.32. The molecule has 0 bridgehead atoms. The molecule has 3 nitrogen and oxygen atoms in total. The molecule has 0 radical (unpaired) electrons. The van der Waals surface area contributed by atoms with E-state index in [4.69, 9.17) is 17.3 Å². The van der Waals surface area contributed by atoms with Gasteiger partial charge in [0.15, 0.2) is 0 Å². The summed E-state index contributed by atoms with van der Waals surface area (Å²) in [5.41, 5.74) is 5.68. The van der Waals surface area contributed by atoms with Gasteiger partial charge in [-0.05, 0) is 24.1 Å². The maximum Gasteiger partial charge on any atom is 0.241 e. The van der Waals surface area contributed by atoms with Crippen LogP contribution in [-0.2, 0) is 4.79 Å². The zero-order valence-corrected chi connectivity index (χ0v) is 9.88. The molecule has 0 saturated heterocycles. The minimum Gasteiger partial charge on any atom is -0.322 e. The average Bonchev–Trinajstić information content (AvgIpc) is 2.22. The van der Waals surface area contributed by atoms with Gasteiger partial charge in [0.1, 0.15) is 5.82 Å². The van der Waals surface area contributed by atoms with Crippen molar-refractivity contribution in [2.75, 3.05) is 5.32 Å². The molecular formula is C11H14ClFN2O. The van der Waals surface area contributed by atoms with Crippen molar-refractivity contribution in [2.45, 2.75) is 19.9 Å². The summed E-state index contributed by atoms with van der Waals surface area (Å²) in [5.74, 6) is -0.966. The number of hydrogen-bond donors (Lipinski definition) is 2. The van der Waals surface area contributed by atoms with Crippen molar-refractivity contribution in [1.82, 2.24) is 0 Å². The molecule has 0 fully saturated rings. The largest absolute Gasteiger partial charge is 0.322 e. The number of nitrogens with two attached hydrogens (primary N) is 1. The van der Waals surface area contributed by atoms with Crippen LogP contribution in [0.2, 0.25) is 5.02 Å². The van der Waals surface area contributed by atoms with E-state index < -0.39 is 17.8 Å². The van der Waals surface area contributed by atoms with E-state index in [2.05, 4.69) is 5.32 Å². The molecule has 0 spiro atoms. The topological polar surface area (TPSA) is 55.1 Å². The Labute approximate surface area is 98.8 Å². The van der Waals surface area contributed by atoms with Gasteiger partial charge < -0.3 is 11.1 Å². The summed E-state index contributed by atoms with van der Waals surface area (Å²) in [6.07, 6.45) is 0. The molecule has 0 aromatic heterocycles. The molecule has 1 unspecified atom stereocenters. The Kier molecular flexibility index (Phi) is 4.26. The molecule has 1 rings (SSSR count). The predicted octanol–water partition coefficient (Wildman–Crippen LogP) is 2.40. The van der Waals surface area contributed by atoms with Crippen molar-refractivity contribution in [3.05, 3.63) is 29.0 Å². The Balaban J connectivity index is 2.80. The molecular weight excluding hydrogens is 231 g/mol. The van der Waals surface area contributed by atoms with Crippen molar-refractivity contribution >= 4 is 23.2 Å². The summed E-state index contributed by atoms with van der Waals surface area (Å²) in [6.45, 7) is 3.64. The monoisotopic (exact) mass is 244 g/mol. The zero-order valence-electron chi connectivity index (χ0n) is 9.13. The van der Waals surface area contributed by atoms with Gasteiger partial charge in [0.25, 0.3) is 0 Å². The van der Waals surface area contributed by atoms with Crippen molar-refractivity contribution < 1.29 is 9.18 Å². The van der Waals surface area contributed by atoms with E-state index in [1.807, 2.05) is 13.8 Å². The molecule has 5 heteroatoms. The van der Waals surface area contributed by atoms with Crippen molar-refractivity contribution in [3.8, 4) is 0 Å². The van der Waals surface area contributed by atoms with Crippen LogP contribution in [0.1, 0.15) is 13.8 Å². The lowest BCUT2D eigenvalue weighted by molar-refractivity contribution is -0.118. The molecule has 1 aromatic rings. The summed E-state index contributed by atoms with van der Waals surface area (Å²) in [4.78, 5) is 11.6. The minimum absolute atomic E-state index is 0.0118. The van der Waals surface area contributed by atoms with E-state index in [1.54, 1.807) is 0 Å². The fourth-order valence-corrected chi connectivity index (χ4v) is 1.28. The number of carbonyl (C=O) groups is 1. The highest BCUT2D eigenvalue weighted by molar-refractivity contribution is 6.30. The van der Waals surface area contributed by atoms with Crippen molar-refractivity contribution in [2.24, 2.45) is 11.7 Å². The molecule has 88 valence electrons. The summed E-state index contributed by atoms with van der Waals surface area (Å²) < 4.78 is 13.3. The van der Waals surface area contributed by atoms with Crippen LogP contribution < -0.4 is 11.1 Å². The Hall–Kier alpha value is -1.13. The van der Waals surface area contributed by atoms with E-state index in [-0.39, 0.29) is 11.6 Å². The standard InChI is InChI=1S/C11H14ClFN2O/c1-6(2)10(14)11(16)15-9-5-7(12)3-4-8(9)13/h3-6,10H,14H2,1-2H3,(H,15,16). The van der Waals surface area contributed by atoms with Crippen LogP contribution in [0.5, 0.6) is 0 Å². The van der Waals surface area contributed by atoms with Gasteiger partial charge in [-0.25, -0.2) is 4.39 Å². The van der Waals surface area contributed by atoms with Crippen molar-refractivity contribution in [1.29, 1.82) is 0 Å². The highest BCUT2D eigenvalue weighted by Crippen LogP contribution is 2.19. The second-order valence-electron chi connectivity index (χ2n) is 3.88. The van der Waals surface area contributed by atoms with E-state index in [0.29, 0.717) is 5.02 Å². The van der Waals surface area contributed by atoms with Gasteiger partial charge >= 0.3 is 0 Å². The van der Waals surface area contributed by atoms with Crippen LogP contribution in [0.15, 0.2) is 18.2 Å². The molecule has 1 amide bonds. The molecule has 0 aliphatic carbocycles. The van der Waals surface area contributed by atoms with E-state index >= 15 is 0 Å². The number of anilines is 1. The minimum atomic E-state index is -0.668. The summed E-state index contributed by atoms with van der Waals surface area (Å²) >= 11 is 5.69. The number of amides is 1. The second kappa shape index (κ2) is 5.27. The van der Waals surface area contributed by atoms with Gasteiger partial charge in [-0.15, -0.1) is 0 Å². The van der Waals surface area contributed by atoms with Gasteiger partial charge in [-0.3, -0.25) is 4.79 Å². The zero-order chi connectivity index (χ0) is 12.3. The fourth-order valence-electron chi connectivity index (χ4n) is 1.11. The van der Waals surface area contributed by atoms with E-state index in [9.17, 15) is 9.18 Å². The normalized spacial score (nSPS) is 12.6. The first kappa shape index (κ1) is 12.9. The van der Waals surface area contributed by atoms with Crippen LogP contribution in [0.3, 0.4) is 0 Å². The van der Waals surface area contributed by atoms with E-state index in [0.717, 1.165) is 0 Å². The number of halogens is 2. The highest BCUT2D eigenvalue weighted by Gasteiger charge is 2.18. The Morgan fingerprint density at radius 2 is 2.12 bits per heavy atom. The van der Waals surface area contributed by atoms with Crippen LogP contribution in [0.25, 0.3) is 0 Å². The Morgan fingerprint density at radius 3 is 2.69 bits per heavy atom. The Bertz CT molecular complexity index is 396. The number of nitrogens with one attached hydrogen (secondary N) is 1. The molecule has 0 heterocycles. The van der Waals surface area contributed by atoms with Crippen LogP contribution in [-0.4, -0.2) is 11.9 Å². The first-order chi connectivity index (χ1) is 7.41. The van der Waals surface area contributed by atoms with Crippen molar-refractivity contribution in [3.63, 3.8) is 0 Å². The van der Waals surface area contributed by atoms with Gasteiger partial charge in [-0.2, -0.15) is 0 Å². The number of carbonyl (C=O) groups excluding carboxylic acids is 1. The third-order valence-corrected chi connectivity index (χ3v) is 2.44. The third kappa shape index (κ3) is 3.18. The average molecular weight is 245 g/mol. The van der Waals surface area contributed by atoms with Gasteiger partial charge in [0, 0.05) is 5.02 Å². The summed E-state index contributed by atoms with van der Waals surface area (Å²) in [7, 11) is 0. The first-order valence-corrected chi connectivity index (χ1v) is 5.31. The molecule has 0 saturated carbocycles. The molecule has 1 atom stereocenters. The summed E-state index contributed by atoms with van der Waals surface area (Å²) in [6, 6.07) is 3.29. The summed E-state index contributed by atoms with van der Waals surface area (Å²) in [5, 5.41) is 2.77. The number of rotatable bonds is 3. The lowest BCUT2D eigenvalue weighted by atomic mass is 10.0.